The van der Waals surface area contributed by atoms with Crippen molar-refractivity contribution in [1.82, 2.24) is 4.90 Å². The summed E-state index contributed by atoms with van der Waals surface area (Å²) in [5, 5.41) is 0. The van der Waals surface area contributed by atoms with E-state index in [0.29, 0.717) is 34.0 Å². The molecule has 0 aromatic heterocycles. The predicted molar refractivity (Wildman–Crippen MR) is 133 cm³/mol. The summed E-state index contributed by atoms with van der Waals surface area (Å²) in [7, 11) is 3.03. The number of ether oxygens (including phenoxy) is 2. The van der Waals surface area contributed by atoms with Crippen LogP contribution in [0.5, 0.6) is 11.5 Å². The SMILES string of the molecule is C=C(CCN1C(=O)c2cccc(OC)c2C1=O)N(C(=O)c1ccccc1C)c1ccc(OC)cc1. The average Bonchev–Trinajstić information content (AvgIpc) is 3.12. The number of methoxy groups -OCH3 is 2. The Morgan fingerprint density at radius 1 is 0.914 bits per heavy atom. The summed E-state index contributed by atoms with van der Waals surface area (Å²) >= 11 is 0. The molecule has 1 aliphatic heterocycles. The van der Waals surface area contributed by atoms with Crippen LogP contribution in [0.3, 0.4) is 0 Å². The van der Waals surface area contributed by atoms with Gasteiger partial charge in [0.2, 0.25) is 0 Å². The molecule has 1 aliphatic rings. The van der Waals surface area contributed by atoms with Crippen LogP contribution >= 0.6 is 0 Å². The van der Waals surface area contributed by atoms with Crippen molar-refractivity contribution in [2.75, 3.05) is 25.7 Å². The van der Waals surface area contributed by atoms with E-state index in [-0.39, 0.29) is 24.4 Å². The van der Waals surface area contributed by atoms with Gasteiger partial charge in [-0.1, -0.05) is 30.8 Å². The van der Waals surface area contributed by atoms with Gasteiger partial charge in [-0.3, -0.25) is 24.2 Å². The molecule has 0 N–H and O–H groups in total. The van der Waals surface area contributed by atoms with Gasteiger partial charge in [-0.2, -0.15) is 0 Å². The van der Waals surface area contributed by atoms with E-state index in [0.717, 1.165) is 5.56 Å². The highest BCUT2D eigenvalue weighted by atomic mass is 16.5. The van der Waals surface area contributed by atoms with Crippen molar-refractivity contribution in [1.29, 1.82) is 0 Å². The number of imide groups is 1. The molecular formula is C28H26N2O5. The molecule has 0 radical (unpaired) electrons. The number of carbonyl (C=O) groups is 3. The normalized spacial score (nSPS) is 12.4. The van der Waals surface area contributed by atoms with Crippen molar-refractivity contribution in [3.63, 3.8) is 0 Å². The topological polar surface area (TPSA) is 76.2 Å². The lowest BCUT2D eigenvalue weighted by Crippen LogP contribution is -2.35. The molecule has 0 fully saturated rings. The number of aryl methyl sites for hydroxylation is 1. The fourth-order valence-corrected chi connectivity index (χ4v) is 4.14. The van der Waals surface area contributed by atoms with Crippen molar-refractivity contribution >= 4 is 23.4 Å². The van der Waals surface area contributed by atoms with Gasteiger partial charge in [-0.05, 0) is 55.0 Å². The lowest BCUT2D eigenvalue weighted by molar-refractivity contribution is 0.0655. The Hall–Kier alpha value is -4.39. The van der Waals surface area contributed by atoms with E-state index in [1.54, 1.807) is 61.7 Å². The summed E-state index contributed by atoms with van der Waals surface area (Å²) in [5.41, 5.74) is 2.99. The van der Waals surface area contributed by atoms with Crippen molar-refractivity contribution < 1.29 is 23.9 Å². The highest BCUT2D eigenvalue weighted by Gasteiger charge is 2.38. The number of amides is 3. The zero-order chi connectivity index (χ0) is 25.1. The number of fused-ring (bicyclic) bond motifs is 1. The van der Waals surface area contributed by atoms with E-state index in [2.05, 4.69) is 6.58 Å². The summed E-state index contributed by atoms with van der Waals surface area (Å²) in [4.78, 5) is 42.2. The maximum Gasteiger partial charge on any atom is 0.265 e. The number of benzene rings is 3. The van der Waals surface area contributed by atoms with Gasteiger partial charge in [0.05, 0.1) is 25.3 Å². The molecule has 3 amide bonds. The molecule has 178 valence electrons. The average molecular weight is 471 g/mol. The molecule has 0 unspecified atom stereocenters. The number of nitrogens with zero attached hydrogens (tertiary/aromatic N) is 2. The maximum absolute atomic E-state index is 13.6. The van der Waals surface area contributed by atoms with Gasteiger partial charge in [0.15, 0.2) is 0 Å². The molecule has 0 saturated heterocycles. The van der Waals surface area contributed by atoms with Gasteiger partial charge in [0, 0.05) is 29.9 Å². The standard InChI is InChI=1S/C28H26N2O5/c1-18-8-5-6-9-22(18)27(32)30(20-12-14-21(34-3)15-13-20)19(2)16-17-29-26(31)23-10-7-11-24(35-4)25(23)28(29)33/h5-15H,2,16-17H2,1,3-4H3. The molecule has 4 rings (SSSR count). The molecule has 0 saturated carbocycles. The Bertz CT molecular complexity index is 1310. The minimum atomic E-state index is -0.420. The van der Waals surface area contributed by atoms with Gasteiger partial charge in [0.1, 0.15) is 11.5 Å². The van der Waals surface area contributed by atoms with E-state index >= 15 is 0 Å². The number of hydrogen-bond donors (Lipinski definition) is 0. The van der Waals surface area contributed by atoms with Gasteiger partial charge in [-0.15, -0.1) is 0 Å². The fraction of sp³-hybridized carbons (Fsp3) is 0.179. The third-order valence-corrected chi connectivity index (χ3v) is 6.03. The number of carbonyl (C=O) groups excluding carboxylic acids is 3. The summed E-state index contributed by atoms with van der Waals surface area (Å²) in [6, 6.07) is 19.3. The number of anilines is 1. The zero-order valence-corrected chi connectivity index (χ0v) is 19.9. The summed E-state index contributed by atoms with van der Waals surface area (Å²) in [6.45, 7) is 6.08. The van der Waals surface area contributed by atoms with E-state index in [1.807, 2.05) is 19.1 Å². The Kier molecular flexibility index (Phi) is 6.68. The molecule has 0 bridgehead atoms. The molecule has 7 heteroatoms. The van der Waals surface area contributed by atoms with Crippen molar-refractivity contribution in [3.05, 3.63) is 101 Å². The second kappa shape index (κ2) is 9.85. The predicted octanol–water partition coefficient (Wildman–Crippen LogP) is 4.86. The molecule has 0 atom stereocenters. The molecule has 7 nitrogen and oxygen atoms in total. The van der Waals surface area contributed by atoms with Crippen molar-refractivity contribution in [3.8, 4) is 11.5 Å². The van der Waals surface area contributed by atoms with Crippen LogP contribution in [-0.4, -0.2) is 43.4 Å². The Balaban J connectivity index is 1.60. The van der Waals surface area contributed by atoms with Gasteiger partial charge < -0.3 is 9.47 Å². The lowest BCUT2D eigenvalue weighted by Gasteiger charge is -2.27. The molecule has 3 aromatic rings. The zero-order valence-electron chi connectivity index (χ0n) is 19.9. The highest BCUT2D eigenvalue weighted by Crippen LogP contribution is 2.32. The Morgan fingerprint density at radius 3 is 2.29 bits per heavy atom. The third-order valence-electron chi connectivity index (χ3n) is 6.03. The summed E-state index contributed by atoms with van der Waals surface area (Å²) < 4.78 is 10.5. The second-order valence-corrected chi connectivity index (χ2v) is 8.11. The van der Waals surface area contributed by atoms with Crippen molar-refractivity contribution in [2.45, 2.75) is 13.3 Å². The smallest absolute Gasteiger partial charge is 0.265 e. The monoisotopic (exact) mass is 470 g/mol. The quantitative estimate of drug-likeness (QED) is 0.440. The van der Waals surface area contributed by atoms with Gasteiger partial charge >= 0.3 is 0 Å². The Morgan fingerprint density at radius 2 is 1.63 bits per heavy atom. The third kappa shape index (κ3) is 4.40. The first kappa shape index (κ1) is 23.8. The first-order valence-corrected chi connectivity index (χ1v) is 11.1. The highest BCUT2D eigenvalue weighted by molar-refractivity contribution is 6.22. The fourth-order valence-electron chi connectivity index (χ4n) is 4.14. The summed E-state index contributed by atoms with van der Waals surface area (Å²) in [5.74, 6) is -0.0453. The molecule has 3 aromatic carbocycles. The van der Waals surface area contributed by atoms with Crippen molar-refractivity contribution in [2.24, 2.45) is 0 Å². The van der Waals surface area contributed by atoms with Crippen LogP contribution in [-0.2, 0) is 0 Å². The second-order valence-electron chi connectivity index (χ2n) is 8.11. The minimum absolute atomic E-state index is 0.0715. The first-order chi connectivity index (χ1) is 16.9. The lowest BCUT2D eigenvalue weighted by atomic mass is 10.1. The first-order valence-electron chi connectivity index (χ1n) is 11.1. The van der Waals surface area contributed by atoms with Crippen LogP contribution in [0.15, 0.2) is 79.0 Å². The number of rotatable bonds is 8. The minimum Gasteiger partial charge on any atom is -0.497 e. The van der Waals surface area contributed by atoms with E-state index in [1.165, 1.54) is 16.9 Å². The van der Waals surface area contributed by atoms with E-state index < -0.39 is 11.8 Å². The molecule has 0 aliphatic carbocycles. The van der Waals surface area contributed by atoms with Crippen LogP contribution in [0.1, 0.15) is 43.1 Å². The molecule has 0 spiro atoms. The summed E-state index contributed by atoms with van der Waals surface area (Å²) in [6.07, 6.45) is 0.206. The van der Waals surface area contributed by atoms with Crippen LogP contribution in [0.25, 0.3) is 0 Å². The van der Waals surface area contributed by atoms with Gasteiger partial charge in [-0.25, -0.2) is 0 Å². The maximum atomic E-state index is 13.6. The van der Waals surface area contributed by atoms with Crippen LogP contribution in [0.4, 0.5) is 5.69 Å². The molecule has 35 heavy (non-hydrogen) atoms. The van der Waals surface area contributed by atoms with Crippen LogP contribution in [0.2, 0.25) is 0 Å². The van der Waals surface area contributed by atoms with Crippen LogP contribution in [0, 0.1) is 6.92 Å². The molecular weight excluding hydrogens is 444 g/mol. The Labute approximate surface area is 204 Å². The number of hydrogen-bond acceptors (Lipinski definition) is 5. The largest absolute Gasteiger partial charge is 0.497 e. The van der Waals surface area contributed by atoms with E-state index in [4.69, 9.17) is 9.47 Å². The van der Waals surface area contributed by atoms with Gasteiger partial charge in [0.25, 0.3) is 17.7 Å². The molecule has 1 heterocycles. The van der Waals surface area contributed by atoms with E-state index in [9.17, 15) is 14.4 Å². The van der Waals surface area contributed by atoms with Crippen LogP contribution < -0.4 is 14.4 Å².